The van der Waals surface area contributed by atoms with Gasteiger partial charge in [0.2, 0.25) is 0 Å². The van der Waals surface area contributed by atoms with Crippen LogP contribution >= 0.6 is 48.0 Å². The quantitative estimate of drug-likeness (QED) is 0.0829. The summed E-state index contributed by atoms with van der Waals surface area (Å²) in [5.74, 6) is -0.411. The molecule has 4 aromatic carbocycles. The van der Waals surface area contributed by atoms with Crippen LogP contribution in [0.2, 0.25) is 0 Å². The molecule has 4 aromatic rings. The Morgan fingerprint density at radius 2 is 1.61 bits per heavy atom. The van der Waals surface area contributed by atoms with E-state index in [0.29, 0.717) is 31.4 Å². The maximum absolute atomic E-state index is 13.7. The normalized spacial score (nSPS) is 20.9. The van der Waals surface area contributed by atoms with Crippen LogP contribution in [0.5, 0.6) is 0 Å². The standard InChI is InChI=1S/C37H31N3O4S5/c1-4-15-39-34(41)33(47-36(39)45)20-31-26-9-6-5-8-22(26)17-30-27(10-7-11-28(30)31)29-19-24(38(2)3)13-12-23(29)18-32-35(42)40(37(46)48-32)25-14-16-49(43,44)21-25/h4-13,17-20,25H,1,14-16,21H2,2-3H3/b32-18-,33-20-. The molecule has 7 nitrogen and oxygen atoms in total. The zero-order valence-electron chi connectivity index (χ0n) is 26.7. The number of nitrogens with zero attached hydrogens (tertiary/aromatic N) is 3. The molecule has 248 valence electrons. The van der Waals surface area contributed by atoms with Crippen molar-refractivity contribution >= 4 is 118 Å². The zero-order valence-corrected chi connectivity index (χ0v) is 30.8. The molecule has 3 fully saturated rings. The van der Waals surface area contributed by atoms with Crippen LogP contribution in [-0.2, 0) is 19.4 Å². The zero-order chi connectivity index (χ0) is 34.6. The van der Waals surface area contributed by atoms with Crippen molar-refractivity contribution in [3.8, 4) is 11.1 Å². The number of thioether (sulfide) groups is 2. The molecule has 3 aliphatic heterocycles. The highest BCUT2D eigenvalue weighted by Crippen LogP contribution is 2.42. The van der Waals surface area contributed by atoms with E-state index < -0.39 is 15.9 Å². The molecule has 12 heteroatoms. The first-order chi connectivity index (χ1) is 23.5. The Hall–Kier alpha value is -3.81. The number of benzene rings is 4. The number of carbonyl (C=O) groups is 2. The summed E-state index contributed by atoms with van der Waals surface area (Å²) < 4.78 is 25.3. The lowest BCUT2D eigenvalue weighted by molar-refractivity contribution is -0.123. The van der Waals surface area contributed by atoms with E-state index in [2.05, 4.69) is 43.0 Å². The molecule has 0 bridgehead atoms. The SMILES string of the molecule is C=CCN1C(=O)/C(=C/c2c3ccccc3cc3c(-c4cc(N(C)C)ccc4/C=C4\SC(=S)N(C5CCS(=O)(=O)C5)C4=O)cccc23)SC1=S. The summed E-state index contributed by atoms with van der Waals surface area (Å²) in [6.45, 7) is 4.13. The van der Waals surface area contributed by atoms with E-state index in [4.69, 9.17) is 24.4 Å². The van der Waals surface area contributed by atoms with Gasteiger partial charge in [0.25, 0.3) is 11.8 Å². The van der Waals surface area contributed by atoms with Crippen LogP contribution in [0.3, 0.4) is 0 Å². The fraction of sp³-hybridized carbons (Fsp3) is 0.189. The highest BCUT2D eigenvalue weighted by molar-refractivity contribution is 8.27. The molecule has 49 heavy (non-hydrogen) atoms. The Balaban J connectivity index is 1.39. The van der Waals surface area contributed by atoms with Crippen molar-refractivity contribution in [2.24, 2.45) is 0 Å². The summed E-state index contributed by atoms with van der Waals surface area (Å²) in [7, 11) is 0.771. The van der Waals surface area contributed by atoms with Gasteiger partial charge in [0.1, 0.15) is 8.64 Å². The van der Waals surface area contributed by atoms with Gasteiger partial charge >= 0.3 is 0 Å². The fourth-order valence-electron chi connectivity index (χ4n) is 6.53. The number of thiocarbonyl (C=S) groups is 2. The first-order valence-corrected chi connectivity index (χ1v) is 19.8. The van der Waals surface area contributed by atoms with Gasteiger partial charge in [-0.25, -0.2) is 8.42 Å². The third-order valence-electron chi connectivity index (χ3n) is 8.93. The number of anilines is 1. The Bertz CT molecular complexity index is 2310. The molecule has 1 unspecified atom stereocenters. The maximum Gasteiger partial charge on any atom is 0.266 e. The number of carbonyl (C=O) groups excluding carboxylic acids is 2. The van der Waals surface area contributed by atoms with Crippen LogP contribution in [0.1, 0.15) is 17.5 Å². The van der Waals surface area contributed by atoms with Crippen LogP contribution < -0.4 is 4.90 Å². The molecule has 0 aromatic heterocycles. The Morgan fingerprint density at radius 1 is 0.878 bits per heavy atom. The van der Waals surface area contributed by atoms with Crippen LogP contribution in [0.4, 0.5) is 5.69 Å². The summed E-state index contributed by atoms with van der Waals surface area (Å²) >= 11 is 13.6. The van der Waals surface area contributed by atoms with E-state index in [-0.39, 0.29) is 23.3 Å². The van der Waals surface area contributed by atoms with Crippen LogP contribution in [-0.4, -0.2) is 76.9 Å². The topological polar surface area (TPSA) is 78.0 Å². The van der Waals surface area contributed by atoms with E-state index in [0.717, 1.165) is 49.5 Å². The lowest BCUT2D eigenvalue weighted by Crippen LogP contribution is -2.39. The van der Waals surface area contributed by atoms with Crippen molar-refractivity contribution in [3.63, 3.8) is 0 Å². The maximum atomic E-state index is 13.7. The molecule has 0 spiro atoms. The minimum absolute atomic E-state index is 0.0605. The summed E-state index contributed by atoms with van der Waals surface area (Å²) in [6.07, 6.45) is 5.87. The number of sulfone groups is 1. The number of hydrogen-bond acceptors (Lipinski definition) is 9. The van der Waals surface area contributed by atoms with E-state index in [1.54, 1.807) is 11.0 Å². The minimum Gasteiger partial charge on any atom is -0.378 e. The van der Waals surface area contributed by atoms with E-state index in [9.17, 15) is 18.0 Å². The molecular weight excluding hydrogens is 711 g/mol. The van der Waals surface area contributed by atoms with E-state index in [1.807, 2.05) is 61.5 Å². The molecule has 2 amide bonds. The summed E-state index contributed by atoms with van der Waals surface area (Å²) in [6, 6.07) is 22.1. The summed E-state index contributed by atoms with van der Waals surface area (Å²) in [5, 5.41) is 4.00. The molecule has 0 saturated carbocycles. The third-order valence-corrected chi connectivity index (χ3v) is 13.4. The molecule has 3 aliphatic rings. The number of amides is 2. The van der Waals surface area contributed by atoms with Gasteiger partial charge < -0.3 is 4.90 Å². The lowest BCUT2D eigenvalue weighted by Gasteiger charge is -2.21. The molecular formula is C37H31N3O4S5. The smallest absolute Gasteiger partial charge is 0.266 e. The van der Waals surface area contributed by atoms with Crippen molar-refractivity contribution in [1.29, 1.82) is 0 Å². The van der Waals surface area contributed by atoms with Crippen LogP contribution in [0.15, 0.2) is 89.2 Å². The highest BCUT2D eigenvalue weighted by Gasteiger charge is 2.42. The van der Waals surface area contributed by atoms with Crippen molar-refractivity contribution in [2.45, 2.75) is 12.5 Å². The van der Waals surface area contributed by atoms with Gasteiger partial charge in [0, 0.05) is 26.3 Å². The van der Waals surface area contributed by atoms with Gasteiger partial charge in [-0.1, -0.05) is 103 Å². The minimum atomic E-state index is -3.19. The highest BCUT2D eigenvalue weighted by atomic mass is 32.2. The van der Waals surface area contributed by atoms with Crippen molar-refractivity contribution in [3.05, 3.63) is 100 Å². The van der Waals surface area contributed by atoms with E-state index >= 15 is 0 Å². The first kappa shape index (κ1) is 33.7. The third kappa shape index (κ3) is 6.25. The predicted molar refractivity (Wildman–Crippen MR) is 213 cm³/mol. The first-order valence-electron chi connectivity index (χ1n) is 15.6. The second kappa shape index (κ2) is 13.1. The average Bonchev–Trinajstić information content (AvgIpc) is 3.66. The van der Waals surface area contributed by atoms with E-state index in [1.165, 1.54) is 28.4 Å². The number of rotatable bonds is 7. The van der Waals surface area contributed by atoms with Gasteiger partial charge in [-0.2, -0.15) is 0 Å². The molecule has 3 saturated heterocycles. The second-order valence-corrected chi connectivity index (χ2v) is 17.8. The van der Waals surface area contributed by atoms with Gasteiger partial charge in [0.05, 0.1) is 27.4 Å². The molecule has 1 atom stereocenters. The van der Waals surface area contributed by atoms with Crippen molar-refractivity contribution < 1.29 is 18.0 Å². The second-order valence-electron chi connectivity index (χ2n) is 12.3. The summed E-state index contributed by atoms with van der Waals surface area (Å²) in [4.78, 5) is 33.2. The molecule has 0 N–H and O–H groups in total. The van der Waals surface area contributed by atoms with Gasteiger partial charge in [-0.15, -0.1) is 6.58 Å². The van der Waals surface area contributed by atoms with Crippen LogP contribution in [0.25, 0.3) is 44.8 Å². The Kier molecular flexibility index (Phi) is 9.03. The summed E-state index contributed by atoms with van der Waals surface area (Å²) in [5.41, 5.74) is 4.62. The number of fused-ring (bicyclic) bond motifs is 2. The Morgan fingerprint density at radius 3 is 2.35 bits per heavy atom. The van der Waals surface area contributed by atoms with Crippen molar-refractivity contribution in [1.82, 2.24) is 9.80 Å². The predicted octanol–water partition coefficient (Wildman–Crippen LogP) is 7.50. The Labute approximate surface area is 304 Å². The monoisotopic (exact) mass is 741 g/mol. The average molecular weight is 742 g/mol. The fourth-order valence-corrected chi connectivity index (χ4v) is 10.9. The van der Waals surface area contributed by atoms with Crippen LogP contribution in [0, 0.1) is 0 Å². The molecule has 0 aliphatic carbocycles. The molecule has 7 rings (SSSR count). The lowest BCUT2D eigenvalue weighted by atomic mass is 9.89. The van der Waals surface area contributed by atoms with Crippen molar-refractivity contribution in [2.75, 3.05) is 37.0 Å². The van der Waals surface area contributed by atoms with Gasteiger partial charge in [-0.3, -0.25) is 19.4 Å². The van der Waals surface area contributed by atoms with Gasteiger partial charge in [0.15, 0.2) is 9.84 Å². The largest absolute Gasteiger partial charge is 0.378 e. The van der Waals surface area contributed by atoms with Gasteiger partial charge in [-0.05, 0) is 80.6 Å². The molecule has 3 heterocycles. The number of hydrogen-bond donors (Lipinski definition) is 0. The molecule has 0 radical (unpaired) electrons.